The quantitative estimate of drug-likeness (QED) is 0.671. The van der Waals surface area contributed by atoms with Gasteiger partial charge < -0.3 is 5.11 Å². The van der Waals surface area contributed by atoms with Crippen LogP contribution in [0.2, 0.25) is 0 Å². The maximum Gasteiger partial charge on any atom is 0.356 e. The Balaban J connectivity index is 2.67. The van der Waals surface area contributed by atoms with Crippen molar-refractivity contribution in [2.75, 3.05) is 0 Å². The molecule has 0 fully saturated rings. The largest absolute Gasteiger partial charge is 0.476 e. The summed E-state index contributed by atoms with van der Waals surface area (Å²) in [6.07, 6.45) is 2.71. The average molecular weight is 178 g/mol. The van der Waals surface area contributed by atoms with Crippen LogP contribution in [0.25, 0.3) is 5.65 Å². The number of nitrogens with zero attached hydrogens (tertiary/aromatic N) is 4. The molecular formula is C7H6N4O2. The lowest BCUT2D eigenvalue weighted by Crippen LogP contribution is -2.02. The molecule has 0 aliphatic heterocycles. The maximum atomic E-state index is 10.5. The zero-order valence-corrected chi connectivity index (χ0v) is 6.80. The van der Waals surface area contributed by atoms with E-state index in [1.807, 2.05) is 0 Å². The van der Waals surface area contributed by atoms with Crippen LogP contribution in [0.15, 0.2) is 12.4 Å². The number of hydrogen-bond acceptors (Lipinski definition) is 4. The number of hydrogen-bond donors (Lipinski definition) is 1. The van der Waals surface area contributed by atoms with Crippen molar-refractivity contribution in [1.82, 2.24) is 19.6 Å². The Kier molecular flexibility index (Phi) is 1.48. The third-order valence-electron chi connectivity index (χ3n) is 1.55. The molecule has 2 heterocycles. The van der Waals surface area contributed by atoms with Crippen LogP contribution in [0.4, 0.5) is 0 Å². The highest BCUT2D eigenvalue weighted by atomic mass is 16.4. The van der Waals surface area contributed by atoms with E-state index >= 15 is 0 Å². The molecule has 0 saturated carbocycles. The first-order valence-electron chi connectivity index (χ1n) is 3.59. The van der Waals surface area contributed by atoms with Crippen LogP contribution in [0.3, 0.4) is 0 Å². The smallest absolute Gasteiger partial charge is 0.356 e. The number of fused-ring (bicyclic) bond motifs is 1. The number of aromatic carboxylic acids is 1. The van der Waals surface area contributed by atoms with Gasteiger partial charge in [-0.2, -0.15) is 5.10 Å². The van der Waals surface area contributed by atoms with E-state index in [0.717, 1.165) is 0 Å². The van der Waals surface area contributed by atoms with Crippen LogP contribution in [0.1, 0.15) is 16.3 Å². The Morgan fingerprint density at radius 2 is 2.38 bits per heavy atom. The van der Waals surface area contributed by atoms with Gasteiger partial charge in [-0.05, 0) is 6.92 Å². The first kappa shape index (κ1) is 7.66. The van der Waals surface area contributed by atoms with Gasteiger partial charge in [-0.1, -0.05) is 0 Å². The molecule has 0 aliphatic carbocycles. The Hall–Kier alpha value is -1.98. The average Bonchev–Trinajstić information content (AvgIpc) is 2.42. The molecule has 0 bridgehead atoms. The number of carbonyl (C=O) groups is 1. The molecule has 6 nitrogen and oxygen atoms in total. The van der Waals surface area contributed by atoms with Gasteiger partial charge in [0.25, 0.3) is 0 Å². The van der Waals surface area contributed by atoms with Crippen LogP contribution in [0.5, 0.6) is 0 Å². The van der Waals surface area contributed by atoms with Gasteiger partial charge in [0, 0.05) is 0 Å². The fourth-order valence-corrected chi connectivity index (χ4v) is 1.02. The topological polar surface area (TPSA) is 80.4 Å². The van der Waals surface area contributed by atoms with Gasteiger partial charge in [0.2, 0.25) is 0 Å². The zero-order valence-electron chi connectivity index (χ0n) is 6.80. The summed E-state index contributed by atoms with van der Waals surface area (Å²) in [4.78, 5) is 18.2. The number of aryl methyl sites for hydroxylation is 1. The summed E-state index contributed by atoms with van der Waals surface area (Å²) >= 11 is 0. The lowest BCUT2D eigenvalue weighted by atomic mass is 10.5. The van der Waals surface area contributed by atoms with Crippen molar-refractivity contribution in [1.29, 1.82) is 0 Å². The molecule has 0 unspecified atom stereocenters. The minimum atomic E-state index is -1.07. The number of rotatable bonds is 1. The molecule has 6 heteroatoms. The summed E-state index contributed by atoms with van der Waals surface area (Å²) in [7, 11) is 0. The Bertz CT molecular complexity index is 476. The molecule has 2 aromatic heterocycles. The van der Waals surface area contributed by atoms with Crippen LogP contribution in [-0.4, -0.2) is 30.7 Å². The van der Waals surface area contributed by atoms with E-state index in [1.165, 1.54) is 16.9 Å². The highest BCUT2D eigenvalue weighted by molar-refractivity contribution is 5.85. The van der Waals surface area contributed by atoms with Crippen LogP contribution in [-0.2, 0) is 0 Å². The van der Waals surface area contributed by atoms with Crippen molar-refractivity contribution >= 4 is 11.6 Å². The Morgan fingerprint density at radius 3 is 3.08 bits per heavy atom. The van der Waals surface area contributed by atoms with Gasteiger partial charge in [-0.25, -0.2) is 19.3 Å². The predicted octanol–water partition coefficient (Wildman–Crippen LogP) is 0.131. The van der Waals surface area contributed by atoms with E-state index in [2.05, 4.69) is 15.1 Å². The highest BCUT2D eigenvalue weighted by Gasteiger charge is 2.06. The summed E-state index contributed by atoms with van der Waals surface area (Å²) in [6.45, 7) is 1.73. The van der Waals surface area contributed by atoms with Crippen molar-refractivity contribution in [3.05, 3.63) is 23.9 Å². The first-order valence-corrected chi connectivity index (χ1v) is 3.59. The van der Waals surface area contributed by atoms with Gasteiger partial charge in [-0.3, -0.25) is 0 Å². The molecule has 0 atom stereocenters. The fraction of sp³-hybridized carbons (Fsp3) is 0.143. The molecule has 0 spiro atoms. The maximum absolute atomic E-state index is 10.5. The molecule has 2 aromatic rings. The minimum Gasteiger partial charge on any atom is -0.476 e. The monoisotopic (exact) mass is 178 g/mol. The molecule has 13 heavy (non-hydrogen) atoms. The molecule has 0 radical (unpaired) electrons. The van der Waals surface area contributed by atoms with E-state index in [9.17, 15) is 4.79 Å². The fourth-order valence-electron chi connectivity index (χ4n) is 1.02. The Morgan fingerprint density at radius 1 is 1.62 bits per heavy atom. The van der Waals surface area contributed by atoms with Crippen molar-refractivity contribution in [3.63, 3.8) is 0 Å². The van der Waals surface area contributed by atoms with E-state index < -0.39 is 5.97 Å². The lowest BCUT2D eigenvalue weighted by Gasteiger charge is -1.92. The molecule has 0 aliphatic rings. The van der Waals surface area contributed by atoms with Crippen molar-refractivity contribution < 1.29 is 9.90 Å². The molecule has 0 amide bonds. The summed E-state index contributed by atoms with van der Waals surface area (Å²) in [5, 5.41) is 12.6. The summed E-state index contributed by atoms with van der Waals surface area (Å²) in [5.74, 6) is -0.487. The molecular weight excluding hydrogens is 172 g/mol. The SMILES string of the molecule is Cc1nc2cnc(C(=O)O)cn2n1. The van der Waals surface area contributed by atoms with Crippen molar-refractivity contribution in [3.8, 4) is 0 Å². The normalized spacial score (nSPS) is 10.5. The molecule has 0 aromatic carbocycles. The van der Waals surface area contributed by atoms with Gasteiger partial charge in [0.05, 0.1) is 12.4 Å². The molecule has 0 saturated heterocycles. The van der Waals surface area contributed by atoms with Gasteiger partial charge in [0.1, 0.15) is 5.82 Å². The van der Waals surface area contributed by atoms with Crippen LogP contribution in [0, 0.1) is 6.92 Å². The number of aromatic nitrogens is 4. The van der Waals surface area contributed by atoms with E-state index in [0.29, 0.717) is 11.5 Å². The lowest BCUT2D eigenvalue weighted by molar-refractivity contribution is 0.0689. The zero-order chi connectivity index (χ0) is 9.42. The van der Waals surface area contributed by atoms with Crippen molar-refractivity contribution in [2.45, 2.75) is 6.92 Å². The second kappa shape index (κ2) is 2.51. The summed E-state index contributed by atoms with van der Waals surface area (Å²) < 4.78 is 1.39. The predicted molar refractivity (Wildman–Crippen MR) is 42.5 cm³/mol. The van der Waals surface area contributed by atoms with Gasteiger partial charge in [0.15, 0.2) is 11.3 Å². The third kappa shape index (κ3) is 1.22. The van der Waals surface area contributed by atoms with E-state index in [-0.39, 0.29) is 5.69 Å². The minimum absolute atomic E-state index is 0.0441. The number of carboxylic acid groups (broad SMARTS) is 1. The van der Waals surface area contributed by atoms with Gasteiger partial charge >= 0.3 is 5.97 Å². The van der Waals surface area contributed by atoms with E-state index in [1.54, 1.807) is 6.92 Å². The van der Waals surface area contributed by atoms with Crippen LogP contribution < -0.4 is 0 Å². The third-order valence-corrected chi connectivity index (χ3v) is 1.55. The highest BCUT2D eigenvalue weighted by Crippen LogP contribution is 2.00. The van der Waals surface area contributed by atoms with E-state index in [4.69, 9.17) is 5.11 Å². The van der Waals surface area contributed by atoms with Gasteiger partial charge in [-0.15, -0.1) is 0 Å². The second-order valence-corrected chi connectivity index (χ2v) is 2.54. The molecule has 1 N–H and O–H groups in total. The molecule has 66 valence electrons. The van der Waals surface area contributed by atoms with Crippen LogP contribution >= 0.6 is 0 Å². The second-order valence-electron chi connectivity index (χ2n) is 2.54. The van der Waals surface area contributed by atoms with Crippen molar-refractivity contribution in [2.24, 2.45) is 0 Å². The Labute approximate surface area is 72.9 Å². The molecule has 2 rings (SSSR count). The summed E-state index contributed by atoms with van der Waals surface area (Å²) in [6, 6.07) is 0. The standard InChI is InChI=1S/C7H6N4O2/c1-4-9-6-2-8-5(7(12)13)3-11(6)10-4/h2-3H,1H3,(H,12,13). The first-order chi connectivity index (χ1) is 6.16. The number of carboxylic acids is 1. The summed E-state index contributed by atoms with van der Waals surface area (Å²) in [5.41, 5.74) is 0.500.